The van der Waals surface area contributed by atoms with Crippen LogP contribution in [0.1, 0.15) is 23.7 Å². The maximum Gasteiger partial charge on any atom is 0.257 e. The molecule has 0 aliphatic carbocycles. The van der Waals surface area contributed by atoms with Gasteiger partial charge in [-0.15, -0.1) is 0 Å². The Morgan fingerprint density at radius 1 is 1.37 bits per heavy atom. The van der Waals surface area contributed by atoms with Gasteiger partial charge in [-0.3, -0.25) is 4.79 Å². The molecule has 2 atom stereocenters. The summed E-state index contributed by atoms with van der Waals surface area (Å²) >= 11 is 0. The summed E-state index contributed by atoms with van der Waals surface area (Å²) in [5.41, 5.74) is 7.88. The lowest BCUT2D eigenvalue weighted by Gasteiger charge is -2.20. The summed E-state index contributed by atoms with van der Waals surface area (Å²) in [5, 5.41) is 1.00. The minimum Gasteiger partial charge on any atom is -0.350 e. The van der Waals surface area contributed by atoms with E-state index in [-0.39, 0.29) is 12.1 Å². The van der Waals surface area contributed by atoms with E-state index in [0.29, 0.717) is 5.92 Å². The molecule has 1 aliphatic rings. The van der Waals surface area contributed by atoms with E-state index in [1.807, 2.05) is 42.1 Å². The van der Waals surface area contributed by atoms with Crippen LogP contribution in [-0.4, -0.2) is 28.1 Å². The van der Waals surface area contributed by atoms with Crippen LogP contribution in [0.3, 0.4) is 0 Å². The second kappa shape index (κ2) is 4.38. The van der Waals surface area contributed by atoms with Gasteiger partial charge < -0.3 is 15.2 Å². The molecular weight excluding hydrogens is 238 g/mol. The molecule has 1 fully saturated rings. The van der Waals surface area contributed by atoms with Gasteiger partial charge in [0.1, 0.15) is 0 Å². The number of carbonyl (C=O) groups excluding carboxylic acids is 1. The monoisotopic (exact) mass is 257 g/mol. The van der Waals surface area contributed by atoms with Crippen LogP contribution < -0.4 is 5.73 Å². The van der Waals surface area contributed by atoms with Crippen molar-refractivity contribution in [1.82, 2.24) is 9.47 Å². The summed E-state index contributed by atoms with van der Waals surface area (Å²) in [6.07, 6.45) is 2.64. The van der Waals surface area contributed by atoms with Crippen LogP contribution in [0.15, 0.2) is 30.5 Å². The zero-order chi connectivity index (χ0) is 13.6. The van der Waals surface area contributed by atoms with Crippen LogP contribution in [0.4, 0.5) is 0 Å². The Bertz CT molecular complexity index is 631. The smallest absolute Gasteiger partial charge is 0.257 e. The zero-order valence-corrected chi connectivity index (χ0v) is 11.3. The van der Waals surface area contributed by atoms with Gasteiger partial charge in [0.15, 0.2) is 0 Å². The number of likely N-dealkylation sites (tertiary alicyclic amines) is 1. The van der Waals surface area contributed by atoms with Crippen molar-refractivity contribution in [2.75, 3.05) is 6.54 Å². The molecular formula is C15H19N3O. The zero-order valence-electron chi connectivity index (χ0n) is 11.3. The molecule has 19 heavy (non-hydrogen) atoms. The van der Waals surface area contributed by atoms with Crippen LogP contribution in [0.5, 0.6) is 0 Å². The number of hydrogen-bond acceptors (Lipinski definition) is 2. The molecule has 2 aromatic rings. The number of carbonyl (C=O) groups is 1. The van der Waals surface area contributed by atoms with E-state index in [2.05, 4.69) is 6.92 Å². The predicted octanol–water partition coefficient (Wildman–Crippen LogP) is 1.95. The van der Waals surface area contributed by atoms with E-state index in [1.165, 1.54) is 0 Å². The summed E-state index contributed by atoms with van der Waals surface area (Å²) in [5.74, 6) is 0.530. The van der Waals surface area contributed by atoms with Crippen molar-refractivity contribution in [1.29, 1.82) is 0 Å². The lowest BCUT2D eigenvalue weighted by molar-refractivity contribution is 0.0739. The van der Waals surface area contributed by atoms with Gasteiger partial charge in [-0.05, 0) is 18.4 Å². The highest BCUT2D eigenvalue weighted by Gasteiger charge is 2.32. The first-order valence-corrected chi connectivity index (χ1v) is 6.68. The summed E-state index contributed by atoms with van der Waals surface area (Å²) in [6.45, 7) is 2.89. The molecule has 1 aliphatic heterocycles. The summed E-state index contributed by atoms with van der Waals surface area (Å²) < 4.78 is 1.99. The molecule has 4 heteroatoms. The Labute approximate surface area is 112 Å². The molecule has 4 nitrogen and oxygen atoms in total. The molecule has 3 rings (SSSR count). The Kier molecular flexibility index (Phi) is 2.82. The number of rotatable bonds is 1. The number of para-hydroxylation sites is 1. The predicted molar refractivity (Wildman–Crippen MR) is 75.7 cm³/mol. The van der Waals surface area contributed by atoms with Gasteiger partial charge in [-0.1, -0.05) is 25.1 Å². The molecule has 1 aromatic carbocycles. The highest BCUT2D eigenvalue weighted by atomic mass is 16.2. The minimum absolute atomic E-state index is 0.0497. The first-order chi connectivity index (χ1) is 9.08. The van der Waals surface area contributed by atoms with Gasteiger partial charge in [0.25, 0.3) is 5.91 Å². The molecule has 0 spiro atoms. The number of aryl methyl sites for hydroxylation is 1. The topological polar surface area (TPSA) is 51.3 Å². The van der Waals surface area contributed by atoms with Gasteiger partial charge in [0, 0.05) is 30.7 Å². The van der Waals surface area contributed by atoms with E-state index >= 15 is 0 Å². The molecule has 0 bridgehead atoms. The van der Waals surface area contributed by atoms with Crippen molar-refractivity contribution in [2.45, 2.75) is 19.5 Å². The van der Waals surface area contributed by atoms with Crippen molar-refractivity contribution in [2.24, 2.45) is 18.7 Å². The first kappa shape index (κ1) is 12.2. The SMILES string of the molecule is CC1CC(N)N(C(=O)c2cn(C)c3ccccc23)C1. The van der Waals surface area contributed by atoms with Crippen LogP contribution in [-0.2, 0) is 7.05 Å². The van der Waals surface area contributed by atoms with Gasteiger partial charge in [-0.25, -0.2) is 0 Å². The lowest BCUT2D eigenvalue weighted by Crippen LogP contribution is -2.41. The van der Waals surface area contributed by atoms with E-state index in [1.54, 1.807) is 4.90 Å². The van der Waals surface area contributed by atoms with Crippen LogP contribution in [0.2, 0.25) is 0 Å². The number of fused-ring (bicyclic) bond motifs is 1. The molecule has 1 aromatic heterocycles. The van der Waals surface area contributed by atoms with Gasteiger partial charge in [0.05, 0.1) is 11.7 Å². The Hall–Kier alpha value is -1.81. The van der Waals surface area contributed by atoms with E-state index in [0.717, 1.165) is 29.4 Å². The molecule has 2 heterocycles. The fourth-order valence-electron chi connectivity index (χ4n) is 2.99. The van der Waals surface area contributed by atoms with E-state index < -0.39 is 0 Å². The number of aromatic nitrogens is 1. The fourth-order valence-corrected chi connectivity index (χ4v) is 2.99. The number of benzene rings is 1. The molecule has 0 radical (unpaired) electrons. The van der Waals surface area contributed by atoms with Crippen molar-refractivity contribution >= 4 is 16.8 Å². The Balaban J connectivity index is 2.03. The number of nitrogens with two attached hydrogens (primary N) is 1. The van der Waals surface area contributed by atoms with Crippen molar-refractivity contribution in [3.8, 4) is 0 Å². The van der Waals surface area contributed by atoms with Crippen molar-refractivity contribution in [3.05, 3.63) is 36.0 Å². The second-order valence-electron chi connectivity index (χ2n) is 5.54. The van der Waals surface area contributed by atoms with Crippen LogP contribution >= 0.6 is 0 Å². The molecule has 2 N–H and O–H groups in total. The van der Waals surface area contributed by atoms with Crippen molar-refractivity contribution in [3.63, 3.8) is 0 Å². The highest BCUT2D eigenvalue weighted by Crippen LogP contribution is 2.26. The van der Waals surface area contributed by atoms with Crippen molar-refractivity contribution < 1.29 is 4.79 Å². The maximum atomic E-state index is 12.7. The number of nitrogens with zero attached hydrogens (tertiary/aromatic N) is 2. The van der Waals surface area contributed by atoms with E-state index in [4.69, 9.17) is 5.73 Å². The highest BCUT2D eigenvalue weighted by molar-refractivity contribution is 6.07. The average Bonchev–Trinajstić information content (AvgIpc) is 2.90. The first-order valence-electron chi connectivity index (χ1n) is 6.68. The molecule has 1 amide bonds. The van der Waals surface area contributed by atoms with Crippen LogP contribution in [0, 0.1) is 5.92 Å². The minimum atomic E-state index is -0.151. The number of hydrogen-bond donors (Lipinski definition) is 1. The van der Waals surface area contributed by atoms with E-state index in [9.17, 15) is 4.79 Å². The average molecular weight is 257 g/mol. The summed E-state index contributed by atoms with van der Waals surface area (Å²) in [6, 6.07) is 7.97. The third-order valence-corrected chi connectivity index (χ3v) is 3.94. The largest absolute Gasteiger partial charge is 0.350 e. The molecule has 2 unspecified atom stereocenters. The lowest BCUT2D eigenvalue weighted by atomic mass is 10.1. The quantitative estimate of drug-likeness (QED) is 0.849. The normalized spacial score (nSPS) is 23.2. The number of amides is 1. The third kappa shape index (κ3) is 1.92. The standard InChI is InChI=1S/C15H19N3O/c1-10-7-14(16)18(8-10)15(19)12-9-17(2)13-6-4-3-5-11(12)13/h3-6,9-10,14H,7-8,16H2,1-2H3. The summed E-state index contributed by atoms with van der Waals surface area (Å²) in [4.78, 5) is 14.5. The fraction of sp³-hybridized carbons (Fsp3) is 0.400. The van der Waals surface area contributed by atoms with Gasteiger partial charge >= 0.3 is 0 Å². The Morgan fingerprint density at radius 3 is 2.79 bits per heavy atom. The second-order valence-corrected chi connectivity index (χ2v) is 5.54. The van der Waals surface area contributed by atoms with Crippen LogP contribution in [0.25, 0.3) is 10.9 Å². The summed E-state index contributed by atoms with van der Waals surface area (Å²) in [7, 11) is 1.96. The Morgan fingerprint density at radius 2 is 2.11 bits per heavy atom. The van der Waals surface area contributed by atoms with Gasteiger partial charge in [-0.2, -0.15) is 0 Å². The maximum absolute atomic E-state index is 12.7. The van der Waals surface area contributed by atoms with Gasteiger partial charge in [0.2, 0.25) is 0 Å². The molecule has 1 saturated heterocycles. The molecule has 0 saturated carbocycles. The molecule has 100 valence electrons. The third-order valence-electron chi connectivity index (χ3n) is 3.94.